The molecule has 6 nitrogen and oxygen atoms in total. The minimum Gasteiger partial charge on any atom is -1.00 e. The van der Waals surface area contributed by atoms with Gasteiger partial charge in [-0.2, -0.15) is 0 Å². The number of rotatable bonds is 0. The molecule has 0 aliphatic rings. The quantitative estimate of drug-likeness (QED) is 0.0990. The van der Waals surface area contributed by atoms with Crippen molar-refractivity contribution in [2.45, 2.75) is 27.7 Å². The number of benzene rings is 2. The topological polar surface area (TPSA) is 115 Å². The number of pyridine rings is 4. The van der Waals surface area contributed by atoms with E-state index in [0.29, 0.717) is 0 Å². The van der Waals surface area contributed by atoms with Crippen LogP contribution in [0.25, 0.3) is 43.6 Å². The molecule has 0 bridgehead atoms. The van der Waals surface area contributed by atoms with Gasteiger partial charge in [0.15, 0.2) is 0 Å². The summed E-state index contributed by atoms with van der Waals surface area (Å²) >= 11 is 0. The zero-order valence-corrected chi connectivity index (χ0v) is 22.5. The first kappa shape index (κ1) is 39.7. The molecule has 0 saturated heterocycles. The molecule has 39 heavy (non-hydrogen) atoms. The second-order valence-corrected chi connectivity index (χ2v) is 8.23. The molecule has 0 fully saturated rings. The van der Waals surface area contributed by atoms with Gasteiger partial charge >= 0.3 is 19.9 Å². The Balaban J connectivity index is -0.000000173. The molecule has 6 aromatic rings. The maximum atomic E-state index is 4.58. The summed E-state index contributed by atoms with van der Waals surface area (Å²) in [7, 11) is 0. The van der Waals surface area contributed by atoms with Crippen LogP contribution in [0.2, 0.25) is 0 Å². The van der Waals surface area contributed by atoms with Gasteiger partial charge in [-0.1, -0.05) is 48.5 Å². The predicted molar refractivity (Wildman–Crippen MR) is 142 cm³/mol. The summed E-state index contributed by atoms with van der Waals surface area (Å²) in [6.07, 6.45) is 0. The van der Waals surface area contributed by atoms with E-state index in [-0.39, 0.29) is 49.7 Å². The Kier molecular flexibility index (Phi) is 16.6. The van der Waals surface area contributed by atoms with Crippen LogP contribution in [0.5, 0.6) is 0 Å². The maximum Gasteiger partial charge on any atom is 2.00 e. The molecule has 6 rings (SSSR count). The Bertz CT molecular complexity index is 1420. The first-order valence-corrected chi connectivity index (χ1v) is 10.8. The summed E-state index contributed by atoms with van der Waals surface area (Å²) in [6, 6.07) is 24.9. The molecule has 213 valence electrons. The molecule has 1 radical (unpaired) electrons. The van der Waals surface area contributed by atoms with Gasteiger partial charge in [-0.15, -0.1) is 0 Å². The summed E-state index contributed by atoms with van der Waals surface area (Å²) in [4.78, 5) is 18.3. The fourth-order valence-corrected chi connectivity index (χ4v) is 3.93. The number of halogens is 4. The van der Waals surface area contributed by atoms with Crippen LogP contribution in [-0.4, -0.2) is 30.9 Å². The minimum atomic E-state index is 0. The number of hydrogen-bond acceptors (Lipinski definition) is 4. The number of fused-ring (bicyclic) bond motifs is 6. The fraction of sp³-hybridized carbons (Fsp3) is 0.143. The van der Waals surface area contributed by atoms with Crippen LogP contribution >= 0.6 is 0 Å². The van der Waals surface area contributed by atoms with Crippen LogP contribution in [0.3, 0.4) is 0 Å². The van der Waals surface area contributed by atoms with E-state index in [2.05, 4.69) is 68.5 Å². The molecule has 2 aromatic carbocycles. The van der Waals surface area contributed by atoms with Gasteiger partial charge in [-0.25, -0.2) is 0 Å². The van der Waals surface area contributed by atoms with Crippen LogP contribution in [0, 0.1) is 27.7 Å². The smallest absolute Gasteiger partial charge is 1.00 e. The Morgan fingerprint density at radius 3 is 0.692 bits per heavy atom. The summed E-state index contributed by atoms with van der Waals surface area (Å²) in [5.41, 5.74) is 8.13. The maximum absolute atomic E-state index is 4.58. The number of nitrogens with zero attached hydrogens (tertiary/aromatic N) is 4. The van der Waals surface area contributed by atoms with Crippen LogP contribution in [0.15, 0.2) is 72.8 Å². The van der Waals surface area contributed by atoms with Gasteiger partial charge in [0.2, 0.25) is 0 Å². The molecular weight excluding hydrogens is 564 g/mol. The largest absolute Gasteiger partial charge is 2.00 e. The third kappa shape index (κ3) is 8.11. The predicted octanol–water partition coefficient (Wildman–Crippen LogP) is -6.61. The van der Waals surface area contributed by atoms with Crippen molar-refractivity contribution in [2.24, 2.45) is 0 Å². The van der Waals surface area contributed by atoms with Gasteiger partial charge in [-0.3, -0.25) is 19.9 Å². The summed E-state index contributed by atoms with van der Waals surface area (Å²) < 4.78 is 0. The van der Waals surface area contributed by atoms with E-state index >= 15 is 0 Å². The monoisotopic (exact) mass is 593 g/mol. The molecule has 11 heteroatoms. The van der Waals surface area contributed by atoms with E-state index in [1.54, 1.807) is 0 Å². The van der Waals surface area contributed by atoms with Crippen molar-refractivity contribution in [3.63, 3.8) is 0 Å². The van der Waals surface area contributed by atoms with Gasteiger partial charge in [0.1, 0.15) is 0 Å². The van der Waals surface area contributed by atoms with Crippen molar-refractivity contribution in [1.82, 2.24) is 19.9 Å². The van der Waals surface area contributed by atoms with Crippen molar-refractivity contribution in [3.8, 4) is 0 Å². The van der Waals surface area contributed by atoms with E-state index in [9.17, 15) is 0 Å². The molecule has 0 saturated carbocycles. The molecule has 0 unspecified atom stereocenters. The standard InChI is InChI=1S/2C14H12N2.Cu.4FH.2H2O/c2*1-9-3-5-11-7-8-12-6-4-10(2)16-14(12)13(11)15-9;;;;;;;/h2*3-8H,1-2H3;;4*1H;2*1H2/q;;+2;;;;;;/p-2. The van der Waals surface area contributed by atoms with Crippen molar-refractivity contribution in [3.05, 3.63) is 95.6 Å². The van der Waals surface area contributed by atoms with E-state index in [0.717, 1.165) is 66.4 Å². The van der Waals surface area contributed by atoms with Crippen molar-refractivity contribution in [1.29, 1.82) is 0 Å². The van der Waals surface area contributed by atoms with E-state index in [4.69, 9.17) is 0 Å². The molecule has 0 spiro atoms. The SMILES string of the molecule is Cc1ccc2ccc3ccc(C)nc3c2n1.Cc1ccc2ccc3ccc(C)nc3c2n1.O.O.[Cu+2].[F-].[F-].[F-].[F-].[H+].[H+]. The first-order chi connectivity index (χ1) is 15.5. The molecule has 4 heterocycles. The van der Waals surface area contributed by atoms with Crippen molar-refractivity contribution in [2.75, 3.05) is 0 Å². The van der Waals surface area contributed by atoms with Crippen molar-refractivity contribution >= 4 is 43.6 Å². The van der Waals surface area contributed by atoms with Crippen LogP contribution < -0.4 is 18.8 Å². The van der Waals surface area contributed by atoms with Gasteiger partial charge in [-0.05, 0) is 52.0 Å². The van der Waals surface area contributed by atoms with Crippen LogP contribution in [0.4, 0.5) is 0 Å². The zero-order chi connectivity index (χ0) is 22.2. The second-order valence-electron chi connectivity index (χ2n) is 8.23. The normalized spacial score (nSPS) is 9.13. The average molecular weight is 594 g/mol. The third-order valence-corrected chi connectivity index (χ3v) is 5.60. The van der Waals surface area contributed by atoms with Gasteiger partial charge < -0.3 is 29.8 Å². The molecule has 4 aromatic heterocycles. The molecule has 0 aliphatic heterocycles. The van der Waals surface area contributed by atoms with Gasteiger partial charge in [0.25, 0.3) is 0 Å². The zero-order valence-electron chi connectivity index (χ0n) is 23.5. The van der Waals surface area contributed by atoms with E-state index in [1.165, 1.54) is 0 Å². The van der Waals surface area contributed by atoms with Crippen LogP contribution in [0.1, 0.15) is 25.6 Å². The fourth-order valence-electron chi connectivity index (χ4n) is 3.93. The summed E-state index contributed by atoms with van der Waals surface area (Å²) in [5.74, 6) is 0. The molecule has 4 N–H and O–H groups in total. The minimum absolute atomic E-state index is 0. The van der Waals surface area contributed by atoms with Crippen LogP contribution in [-0.2, 0) is 17.1 Å². The van der Waals surface area contributed by atoms with Gasteiger partial charge in [0, 0.05) is 44.3 Å². The van der Waals surface area contributed by atoms with E-state index in [1.807, 2.05) is 52.0 Å². The average Bonchev–Trinajstić information content (AvgIpc) is 2.79. The Labute approximate surface area is 236 Å². The molecule has 0 aliphatic carbocycles. The second kappa shape index (κ2) is 16.3. The number of aromatic nitrogens is 4. The first-order valence-electron chi connectivity index (χ1n) is 10.8. The third-order valence-electron chi connectivity index (χ3n) is 5.60. The van der Waals surface area contributed by atoms with Crippen molar-refractivity contribution < 1.29 is 49.7 Å². The molecular formula is C28H30CuF4N4O2. The Morgan fingerprint density at radius 1 is 0.359 bits per heavy atom. The Morgan fingerprint density at radius 2 is 0.513 bits per heavy atom. The molecule has 0 atom stereocenters. The van der Waals surface area contributed by atoms with Gasteiger partial charge in [0.05, 0.1) is 22.1 Å². The summed E-state index contributed by atoms with van der Waals surface area (Å²) in [6.45, 7) is 8.03. The van der Waals surface area contributed by atoms with E-state index < -0.39 is 0 Å². The molecule has 0 amide bonds. The number of hydrogen-bond donors (Lipinski definition) is 0. The number of aryl methyl sites for hydroxylation is 4. The summed E-state index contributed by atoms with van der Waals surface area (Å²) in [5, 5.41) is 4.60. The Hall–Kier alpha value is -3.76.